The van der Waals surface area contributed by atoms with Gasteiger partial charge in [-0.15, -0.1) is 0 Å². The molecule has 1 aliphatic heterocycles. The average molecular weight is 294 g/mol. The first-order valence-corrected chi connectivity index (χ1v) is 7.29. The van der Waals surface area contributed by atoms with Crippen molar-refractivity contribution >= 4 is 22.9 Å². The molecule has 1 saturated heterocycles. The molecule has 0 aromatic heterocycles. The standard InChI is InChI=1S/C15H22N2O2S/c1-17(9-11-4-3-7-19-10-11)14-8-12(18-2)5-6-13(14)15(16)20/h5-6,8,11H,3-4,7,9-10H2,1-2H3,(H2,16,20). The van der Waals surface area contributed by atoms with Crippen LogP contribution in [0.5, 0.6) is 5.75 Å². The molecule has 1 aromatic rings. The highest BCUT2D eigenvalue weighted by molar-refractivity contribution is 7.80. The lowest BCUT2D eigenvalue weighted by molar-refractivity contribution is 0.0576. The quantitative estimate of drug-likeness (QED) is 0.844. The largest absolute Gasteiger partial charge is 0.497 e. The zero-order valence-electron chi connectivity index (χ0n) is 12.1. The number of anilines is 1. The lowest BCUT2D eigenvalue weighted by Gasteiger charge is -2.29. The van der Waals surface area contributed by atoms with Crippen molar-refractivity contribution in [2.45, 2.75) is 12.8 Å². The number of hydrogen-bond donors (Lipinski definition) is 1. The van der Waals surface area contributed by atoms with Gasteiger partial charge in [0.15, 0.2) is 0 Å². The van der Waals surface area contributed by atoms with Crippen molar-refractivity contribution in [2.75, 3.05) is 38.8 Å². The second-order valence-electron chi connectivity index (χ2n) is 5.21. The molecule has 5 heteroatoms. The molecule has 0 bridgehead atoms. The van der Waals surface area contributed by atoms with Gasteiger partial charge in [0.1, 0.15) is 10.7 Å². The van der Waals surface area contributed by atoms with Crippen LogP contribution in [0.25, 0.3) is 0 Å². The molecule has 20 heavy (non-hydrogen) atoms. The number of benzene rings is 1. The van der Waals surface area contributed by atoms with Gasteiger partial charge in [-0.25, -0.2) is 0 Å². The highest BCUT2D eigenvalue weighted by atomic mass is 32.1. The van der Waals surface area contributed by atoms with Crippen molar-refractivity contribution in [3.63, 3.8) is 0 Å². The molecule has 0 spiro atoms. The van der Waals surface area contributed by atoms with E-state index in [0.29, 0.717) is 10.9 Å². The van der Waals surface area contributed by atoms with Gasteiger partial charge in [-0.05, 0) is 30.9 Å². The van der Waals surface area contributed by atoms with Crippen LogP contribution < -0.4 is 15.4 Å². The minimum atomic E-state index is 0.411. The summed E-state index contributed by atoms with van der Waals surface area (Å²) in [6.07, 6.45) is 2.34. The maximum atomic E-state index is 5.82. The predicted molar refractivity (Wildman–Crippen MR) is 85.7 cm³/mol. The van der Waals surface area contributed by atoms with Crippen molar-refractivity contribution in [1.29, 1.82) is 0 Å². The van der Waals surface area contributed by atoms with Crippen LogP contribution in [0.3, 0.4) is 0 Å². The topological polar surface area (TPSA) is 47.7 Å². The SMILES string of the molecule is COc1ccc(C(N)=S)c(N(C)CC2CCCOC2)c1. The third kappa shape index (κ3) is 3.61. The van der Waals surface area contributed by atoms with Crippen LogP contribution in [0.1, 0.15) is 18.4 Å². The molecule has 2 N–H and O–H groups in total. The number of nitrogens with two attached hydrogens (primary N) is 1. The van der Waals surface area contributed by atoms with Gasteiger partial charge in [0, 0.05) is 31.8 Å². The second-order valence-corrected chi connectivity index (χ2v) is 5.65. The summed E-state index contributed by atoms with van der Waals surface area (Å²) in [4.78, 5) is 2.60. The Hall–Kier alpha value is -1.33. The number of hydrogen-bond acceptors (Lipinski definition) is 4. The maximum absolute atomic E-state index is 5.82. The Balaban J connectivity index is 2.17. The Morgan fingerprint density at radius 1 is 1.55 bits per heavy atom. The third-order valence-corrected chi connectivity index (χ3v) is 3.89. The van der Waals surface area contributed by atoms with Crippen molar-refractivity contribution in [3.8, 4) is 5.75 Å². The molecule has 2 rings (SSSR count). The van der Waals surface area contributed by atoms with E-state index in [9.17, 15) is 0 Å². The summed E-state index contributed by atoms with van der Waals surface area (Å²) in [6.45, 7) is 2.65. The zero-order valence-corrected chi connectivity index (χ0v) is 12.9. The van der Waals surface area contributed by atoms with Gasteiger partial charge in [-0.2, -0.15) is 0 Å². The molecule has 1 fully saturated rings. The molecule has 1 heterocycles. The summed E-state index contributed by atoms with van der Waals surface area (Å²) >= 11 is 5.14. The Bertz CT molecular complexity index is 473. The van der Waals surface area contributed by atoms with E-state index >= 15 is 0 Å². The molecular formula is C15H22N2O2S. The monoisotopic (exact) mass is 294 g/mol. The van der Waals surface area contributed by atoms with Crippen LogP contribution in [0, 0.1) is 5.92 Å². The summed E-state index contributed by atoms with van der Waals surface area (Å²) in [5, 5.41) is 0. The van der Waals surface area contributed by atoms with Crippen LogP contribution in [0.15, 0.2) is 18.2 Å². The zero-order chi connectivity index (χ0) is 14.5. The highest BCUT2D eigenvalue weighted by Gasteiger charge is 2.18. The van der Waals surface area contributed by atoms with Gasteiger partial charge in [-0.1, -0.05) is 12.2 Å². The fraction of sp³-hybridized carbons (Fsp3) is 0.533. The van der Waals surface area contributed by atoms with Gasteiger partial charge in [-0.3, -0.25) is 0 Å². The molecule has 110 valence electrons. The number of ether oxygens (including phenoxy) is 2. The van der Waals surface area contributed by atoms with E-state index in [1.54, 1.807) is 7.11 Å². The number of methoxy groups -OCH3 is 1. The molecule has 0 saturated carbocycles. The summed E-state index contributed by atoms with van der Waals surface area (Å²) in [5.74, 6) is 1.37. The lowest BCUT2D eigenvalue weighted by Crippen LogP contribution is -2.32. The number of rotatable bonds is 5. The number of nitrogens with zero attached hydrogens (tertiary/aromatic N) is 1. The van der Waals surface area contributed by atoms with Crippen LogP contribution >= 0.6 is 12.2 Å². The molecule has 4 nitrogen and oxygen atoms in total. The summed E-state index contributed by atoms with van der Waals surface area (Å²) in [5.41, 5.74) is 7.72. The van der Waals surface area contributed by atoms with Crippen molar-refractivity contribution < 1.29 is 9.47 Å². The third-order valence-electron chi connectivity index (χ3n) is 3.67. The summed E-state index contributed by atoms with van der Waals surface area (Å²) in [6, 6.07) is 5.79. The van der Waals surface area contributed by atoms with E-state index in [2.05, 4.69) is 11.9 Å². The molecule has 0 aliphatic carbocycles. The Morgan fingerprint density at radius 3 is 2.95 bits per heavy atom. The minimum absolute atomic E-state index is 0.411. The fourth-order valence-corrected chi connectivity index (χ4v) is 2.77. The first-order chi connectivity index (χ1) is 9.61. The first kappa shape index (κ1) is 15.1. The lowest BCUT2D eigenvalue weighted by atomic mass is 10.0. The van der Waals surface area contributed by atoms with Crippen LogP contribution in [0.2, 0.25) is 0 Å². The molecule has 1 atom stereocenters. The van der Waals surface area contributed by atoms with Gasteiger partial charge < -0.3 is 20.1 Å². The molecule has 1 aromatic carbocycles. The molecule has 1 aliphatic rings. The van der Waals surface area contributed by atoms with E-state index in [4.69, 9.17) is 27.4 Å². The van der Waals surface area contributed by atoms with E-state index < -0.39 is 0 Å². The van der Waals surface area contributed by atoms with Crippen LogP contribution in [-0.2, 0) is 4.74 Å². The molecule has 0 amide bonds. The second kappa shape index (κ2) is 6.90. The van der Waals surface area contributed by atoms with E-state index in [1.165, 1.54) is 6.42 Å². The van der Waals surface area contributed by atoms with Crippen molar-refractivity contribution in [3.05, 3.63) is 23.8 Å². The van der Waals surface area contributed by atoms with Crippen LogP contribution in [-0.4, -0.2) is 38.9 Å². The highest BCUT2D eigenvalue weighted by Crippen LogP contribution is 2.27. The van der Waals surface area contributed by atoms with Gasteiger partial charge in [0.05, 0.1) is 19.4 Å². The molecular weight excluding hydrogens is 272 g/mol. The van der Waals surface area contributed by atoms with Crippen LogP contribution in [0.4, 0.5) is 5.69 Å². The molecule has 1 unspecified atom stereocenters. The van der Waals surface area contributed by atoms with E-state index in [0.717, 1.165) is 43.2 Å². The number of thiocarbonyl (C=S) groups is 1. The van der Waals surface area contributed by atoms with Crippen molar-refractivity contribution in [1.82, 2.24) is 0 Å². The fourth-order valence-electron chi connectivity index (χ4n) is 2.60. The first-order valence-electron chi connectivity index (χ1n) is 6.88. The predicted octanol–water partition coefficient (Wildman–Crippen LogP) is 2.19. The smallest absolute Gasteiger partial charge is 0.120 e. The Labute approximate surface area is 125 Å². The Kier molecular flexibility index (Phi) is 5.20. The van der Waals surface area contributed by atoms with Gasteiger partial charge >= 0.3 is 0 Å². The summed E-state index contributed by atoms with van der Waals surface area (Å²) in [7, 11) is 3.72. The average Bonchev–Trinajstić information content (AvgIpc) is 2.47. The summed E-state index contributed by atoms with van der Waals surface area (Å²) < 4.78 is 10.8. The van der Waals surface area contributed by atoms with Crippen molar-refractivity contribution in [2.24, 2.45) is 11.7 Å². The van der Waals surface area contributed by atoms with E-state index in [1.807, 2.05) is 18.2 Å². The van der Waals surface area contributed by atoms with E-state index in [-0.39, 0.29) is 0 Å². The normalized spacial score (nSPS) is 18.6. The molecule has 0 radical (unpaired) electrons. The van der Waals surface area contributed by atoms with Gasteiger partial charge in [0.2, 0.25) is 0 Å². The maximum Gasteiger partial charge on any atom is 0.120 e. The minimum Gasteiger partial charge on any atom is -0.497 e. The Morgan fingerprint density at radius 2 is 2.35 bits per heavy atom. The van der Waals surface area contributed by atoms with Gasteiger partial charge in [0.25, 0.3) is 0 Å².